The first-order valence-electron chi connectivity index (χ1n) is 9.37. The summed E-state index contributed by atoms with van der Waals surface area (Å²) in [5.74, 6) is -2.22. The molecule has 4 rings (SSSR count). The molecule has 9 heteroatoms. The molecule has 0 aliphatic heterocycles. The minimum absolute atomic E-state index is 0.0491. The quantitative estimate of drug-likeness (QED) is 0.487. The second-order valence-corrected chi connectivity index (χ2v) is 8.01. The van der Waals surface area contributed by atoms with Gasteiger partial charge in [-0.25, -0.2) is 23.4 Å². The molecule has 0 radical (unpaired) electrons. The van der Waals surface area contributed by atoms with Gasteiger partial charge in [0, 0.05) is 28.5 Å². The van der Waals surface area contributed by atoms with Crippen LogP contribution in [0.2, 0.25) is 0 Å². The van der Waals surface area contributed by atoms with E-state index in [2.05, 4.69) is 21.1 Å². The van der Waals surface area contributed by atoms with Crippen LogP contribution in [0.1, 0.15) is 29.0 Å². The standard InChI is InChI=1S/C22H17F2N5OS/c1-14(21-28-20(10-31-21)16-4-2-15(9-25)3-5-16)22(30,11-29-13-26-12-27-29)18-7-6-17(23)8-19(18)24/h2-8,10,12-14,30H,11H2,1H3/t14?,22-/m1/s1. The number of halogens is 2. The minimum Gasteiger partial charge on any atom is -0.382 e. The molecule has 0 spiro atoms. The third kappa shape index (κ3) is 4.08. The van der Waals surface area contributed by atoms with Crippen molar-refractivity contribution in [3.8, 4) is 17.3 Å². The first-order valence-corrected chi connectivity index (χ1v) is 10.2. The summed E-state index contributed by atoms with van der Waals surface area (Å²) in [5.41, 5.74) is 0.236. The lowest BCUT2D eigenvalue weighted by molar-refractivity contribution is -0.0112. The Bertz CT molecular complexity index is 1230. The van der Waals surface area contributed by atoms with Gasteiger partial charge in [-0.2, -0.15) is 10.4 Å². The maximum atomic E-state index is 14.7. The van der Waals surface area contributed by atoms with Crippen LogP contribution in [0.25, 0.3) is 11.3 Å². The van der Waals surface area contributed by atoms with Crippen LogP contribution in [-0.4, -0.2) is 24.9 Å². The topological polar surface area (TPSA) is 87.6 Å². The van der Waals surface area contributed by atoms with E-state index in [0.717, 1.165) is 17.7 Å². The van der Waals surface area contributed by atoms with E-state index in [4.69, 9.17) is 5.26 Å². The van der Waals surface area contributed by atoms with Gasteiger partial charge < -0.3 is 5.11 Å². The number of hydrogen-bond acceptors (Lipinski definition) is 6. The van der Waals surface area contributed by atoms with Crippen molar-refractivity contribution in [1.29, 1.82) is 5.26 Å². The van der Waals surface area contributed by atoms with E-state index in [9.17, 15) is 13.9 Å². The zero-order valence-electron chi connectivity index (χ0n) is 16.4. The molecule has 0 saturated heterocycles. The van der Waals surface area contributed by atoms with Crippen LogP contribution in [-0.2, 0) is 12.1 Å². The van der Waals surface area contributed by atoms with E-state index >= 15 is 0 Å². The lowest BCUT2D eigenvalue weighted by Gasteiger charge is -2.33. The highest BCUT2D eigenvalue weighted by atomic mass is 32.1. The summed E-state index contributed by atoms with van der Waals surface area (Å²) < 4.78 is 29.6. The van der Waals surface area contributed by atoms with Crippen LogP contribution >= 0.6 is 11.3 Å². The zero-order chi connectivity index (χ0) is 22.0. The molecule has 0 aliphatic carbocycles. The highest BCUT2D eigenvalue weighted by molar-refractivity contribution is 7.10. The fraction of sp³-hybridized carbons (Fsp3) is 0.182. The van der Waals surface area contributed by atoms with E-state index in [1.54, 1.807) is 31.2 Å². The molecule has 2 heterocycles. The van der Waals surface area contributed by atoms with Gasteiger partial charge in [0.2, 0.25) is 0 Å². The van der Waals surface area contributed by atoms with Gasteiger partial charge in [0.15, 0.2) is 0 Å². The van der Waals surface area contributed by atoms with Crippen molar-refractivity contribution < 1.29 is 13.9 Å². The zero-order valence-corrected chi connectivity index (χ0v) is 17.2. The molecular weight excluding hydrogens is 420 g/mol. The fourth-order valence-corrected chi connectivity index (χ4v) is 4.37. The van der Waals surface area contributed by atoms with Crippen molar-refractivity contribution in [3.05, 3.63) is 88.3 Å². The summed E-state index contributed by atoms with van der Waals surface area (Å²) >= 11 is 1.33. The van der Waals surface area contributed by atoms with Crippen LogP contribution in [0.15, 0.2) is 60.5 Å². The smallest absolute Gasteiger partial charge is 0.137 e. The number of nitriles is 1. The Morgan fingerprint density at radius 3 is 2.65 bits per heavy atom. The molecule has 6 nitrogen and oxygen atoms in total. The van der Waals surface area contributed by atoms with E-state index in [1.807, 2.05) is 5.38 Å². The number of aromatic nitrogens is 4. The monoisotopic (exact) mass is 437 g/mol. The maximum Gasteiger partial charge on any atom is 0.137 e. The van der Waals surface area contributed by atoms with Crippen LogP contribution in [0, 0.1) is 23.0 Å². The van der Waals surface area contributed by atoms with Crippen molar-refractivity contribution in [2.24, 2.45) is 0 Å². The maximum absolute atomic E-state index is 14.7. The summed E-state index contributed by atoms with van der Waals surface area (Å²) in [7, 11) is 0. The Balaban J connectivity index is 1.73. The second kappa shape index (κ2) is 8.34. The highest BCUT2D eigenvalue weighted by Gasteiger charge is 2.41. The normalized spacial score (nSPS) is 14.0. The molecule has 0 saturated carbocycles. The van der Waals surface area contributed by atoms with Gasteiger partial charge in [-0.15, -0.1) is 11.3 Å². The number of aliphatic hydroxyl groups is 1. The first kappa shape index (κ1) is 20.8. The van der Waals surface area contributed by atoms with Crippen molar-refractivity contribution in [2.75, 3.05) is 0 Å². The summed E-state index contributed by atoms with van der Waals surface area (Å²) in [4.78, 5) is 8.52. The molecule has 4 aromatic rings. The van der Waals surface area contributed by atoms with Gasteiger partial charge in [0.1, 0.15) is 29.9 Å². The predicted molar refractivity (Wildman–Crippen MR) is 111 cm³/mol. The molecule has 2 aromatic carbocycles. The number of thiazole rings is 1. The number of benzene rings is 2. The van der Waals surface area contributed by atoms with Crippen molar-refractivity contribution in [3.63, 3.8) is 0 Å². The average molecular weight is 437 g/mol. The number of hydrogen-bond donors (Lipinski definition) is 1. The molecule has 0 fully saturated rings. The minimum atomic E-state index is -1.76. The van der Waals surface area contributed by atoms with Crippen LogP contribution < -0.4 is 0 Å². The Kier molecular flexibility index (Phi) is 5.59. The fourth-order valence-electron chi connectivity index (χ4n) is 3.40. The lowest BCUT2D eigenvalue weighted by Crippen LogP contribution is -2.38. The van der Waals surface area contributed by atoms with Gasteiger partial charge >= 0.3 is 0 Å². The van der Waals surface area contributed by atoms with Crippen molar-refractivity contribution in [2.45, 2.75) is 25.0 Å². The Morgan fingerprint density at radius 1 is 1.23 bits per heavy atom. The summed E-state index contributed by atoms with van der Waals surface area (Å²) in [6.45, 7) is 1.64. The molecular formula is C22H17F2N5OS. The number of nitrogens with zero attached hydrogens (tertiary/aromatic N) is 5. The molecule has 1 N–H and O–H groups in total. The lowest BCUT2D eigenvalue weighted by atomic mass is 9.82. The molecule has 156 valence electrons. The van der Waals surface area contributed by atoms with Gasteiger partial charge in [0.25, 0.3) is 0 Å². The van der Waals surface area contributed by atoms with E-state index < -0.39 is 23.2 Å². The summed E-state index contributed by atoms with van der Waals surface area (Å²) in [5, 5.41) is 27.1. The third-order valence-electron chi connectivity index (χ3n) is 5.19. The van der Waals surface area contributed by atoms with E-state index in [-0.39, 0.29) is 12.1 Å². The molecule has 0 aliphatic rings. The number of rotatable bonds is 6. The van der Waals surface area contributed by atoms with E-state index in [0.29, 0.717) is 16.3 Å². The van der Waals surface area contributed by atoms with Gasteiger partial charge in [-0.3, -0.25) is 0 Å². The van der Waals surface area contributed by atoms with Crippen LogP contribution in [0.4, 0.5) is 8.78 Å². The predicted octanol–water partition coefficient (Wildman–Crippen LogP) is 4.24. The van der Waals surface area contributed by atoms with Crippen molar-refractivity contribution >= 4 is 11.3 Å². The van der Waals surface area contributed by atoms with Crippen LogP contribution in [0.5, 0.6) is 0 Å². The Morgan fingerprint density at radius 2 is 2.00 bits per heavy atom. The van der Waals surface area contributed by atoms with Gasteiger partial charge in [-0.05, 0) is 18.2 Å². The van der Waals surface area contributed by atoms with Crippen molar-refractivity contribution in [1.82, 2.24) is 19.7 Å². The average Bonchev–Trinajstić information content (AvgIpc) is 3.45. The Labute approximate surface area is 181 Å². The SMILES string of the molecule is CC(c1nc(-c2ccc(C#N)cc2)cs1)[C@](O)(Cn1cncn1)c1ccc(F)cc1F. The first-order chi connectivity index (χ1) is 14.9. The molecule has 0 bridgehead atoms. The Hall–Kier alpha value is -3.48. The molecule has 1 unspecified atom stereocenters. The van der Waals surface area contributed by atoms with Gasteiger partial charge in [-0.1, -0.05) is 25.1 Å². The molecule has 2 atom stereocenters. The third-order valence-corrected chi connectivity index (χ3v) is 6.21. The summed E-state index contributed by atoms with van der Waals surface area (Å²) in [6.07, 6.45) is 2.74. The largest absolute Gasteiger partial charge is 0.382 e. The molecule has 31 heavy (non-hydrogen) atoms. The van der Waals surface area contributed by atoms with Gasteiger partial charge in [0.05, 0.1) is 28.9 Å². The molecule has 2 aromatic heterocycles. The summed E-state index contributed by atoms with van der Waals surface area (Å²) in [6, 6.07) is 12.2. The van der Waals surface area contributed by atoms with E-state index in [1.165, 1.54) is 34.7 Å². The highest BCUT2D eigenvalue weighted by Crippen LogP contribution is 2.41. The molecule has 0 amide bonds. The second-order valence-electron chi connectivity index (χ2n) is 7.12. The van der Waals surface area contributed by atoms with Crippen LogP contribution in [0.3, 0.4) is 0 Å².